The molecule has 1 saturated heterocycles. The van der Waals surface area contributed by atoms with E-state index in [-0.39, 0.29) is 18.7 Å². The Morgan fingerprint density at radius 2 is 1.92 bits per heavy atom. The number of hydrogen-bond acceptors (Lipinski definition) is 4. The molecule has 0 bridgehead atoms. The van der Waals surface area contributed by atoms with Crippen molar-refractivity contribution in [2.75, 3.05) is 18.5 Å². The summed E-state index contributed by atoms with van der Waals surface area (Å²) in [6.45, 7) is 0.479. The van der Waals surface area contributed by atoms with Crippen molar-refractivity contribution in [1.29, 1.82) is 0 Å². The van der Waals surface area contributed by atoms with Crippen LogP contribution in [0.15, 0.2) is 54.6 Å². The van der Waals surface area contributed by atoms with Gasteiger partial charge in [-0.15, -0.1) is 0 Å². The number of benzene rings is 2. The summed E-state index contributed by atoms with van der Waals surface area (Å²) in [6.07, 6.45) is -0.328. The fourth-order valence-corrected chi connectivity index (χ4v) is 3.22. The summed E-state index contributed by atoms with van der Waals surface area (Å²) in [7, 11) is 0. The maximum absolute atomic E-state index is 12.0. The van der Waals surface area contributed by atoms with Crippen LogP contribution in [0.4, 0.5) is 0 Å². The van der Waals surface area contributed by atoms with Crippen LogP contribution < -0.4 is 0 Å². The molecule has 6 heteroatoms. The van der Waals surface area contributed by atoms with Crippen molar-refractivity contribution < 1.29 is 19.0 Å². The van der Waals surface area contributed by atoms with Gasteiger partial charge in [-0.25, -0.2) is 4.79 Å². The molecule has 0 aliphatic carbocycles. The highest BCUT2D eigenvalue weighted by Crippen LogP contribution is 2.36. The number of hydrogen-bond donors (Lipinski definition) is 0. The van der Waals surface area contributed by atoms with E-state index in [0.29, 0.717) is 22.5 Å². The molecule has 3 rings (SSSR count). The lowest BCUT2D eigenvalue weighted by Gasteiger charge is -2.26. The van der Waals surface area contributed by atoms with Gasteiger partial charge in [-0.1, -0.05) is 57.9 Å². The van der Waals surface area contributed by atoms with Gasteiger partial charge < -0.3 is 14.2 Å². The fourth-order valence-electron chi connectivity index (χ4n) is 2.48. The summed E-state index contributed by atoms with van der Waals surface area (Å²) in [4.78, 5) is 12.0. The number of halogens is 2. The molecule has 1 aliphatic rings. The van der Waals surface area contributed by atoms with Gasteiger partial charge in [-0.05, 0) is 24.3 Å². The Morgan fingerprint density at radius 1 is 1.21 bits per heavy atom. The quantitative estimate of drug-likeness (QED) is 0.547. The second kappa shape index (κ2) is 7.66. The molecule has 2 aromatic carbocycles. The lowest BCUT2D eigenvalue weighted by molar-refractivity contribution is -0.160. The lowest BCUT2D eigenvalue weighted by Crippen LogP contribution is -2.31. The highest BCUT2D eigenvalue weighted by atomic mass is 79.9. The van der Waals surface area contributed by atoms with Crippen LogP contribution in [0.25, 0.3) is 0 Å². The summed E-state index contributed by atoms with van der Waals surface area (Å²) in [5.74, 6) is -1.27. The molecule has 1 fully saturated rings. The molecule has 2 aromatic rings. The third-order valence-electron chi connectivity index (χ3n) is 3.73. The van der Waals surface area contributed by atoms with Crippen LogP contribution in [-0.4, -0.2) is 30.6 Å². The van der Waals surface area contributed by atoms with Crippen molar-refractivity contribution in [3.05, 3.63) is 70.7 Å². The van der Waals surface area contributed by atoms with Crippen LogP contribution in [0.3, 0.4) is 0 Å². The van der Waals surface area contributed by atoms with Gasteiger partial charge in [0.2, 0.25) is 5.79 Å². The molecule has 1 unspecified atom stereocenters. The Morgan fingerprint density at radius 3 is 2.58 bits per heavy atom. The SMILES string of the molecule is O=C(OC[C@@H]1COC(CBr)(c2ccc(Cl)cc2)O1)c1ccccc1. The molecule has 1 heterocycles. The van der Waals surface area contributed by atoms with Gasteiger partial charge in [0.05, 0.1) is 17.5 Å². The van der Waals surface area contributed by atoms with Crippen LogP contribution in [0.5, 0.6) is 0 Å². The van der Waals surface area contributed by atoms with Crippen LogP contribution >= 0.6 is 27.5 Å². The molecule has 0 N–H and O–H groups in total. The smallest absolute Gasteiger partial charge is 0.338 e. The topological polar surface area (TPSA) is 44.8 Å². The third kappa shape index (κ3) is 3.81. The first-order valence-electron chi connectivity index (χ1n) is 7.49. The molecule has 2 atom stereocenters. The minimum absolute atomic E-state index is 0.135. The highest BCUT2D eigenvalue weighted by Gasteiger charge is 2.42. The van der Waals surface area contributed by atoms with Gasteiger partial charge >= 0.3 is 5.97 Å². The van der Waals surface area contributed by atoms with Crippen molar-refractivity contribution in [3.63, 3.8) is 0 Å². The van der Waals surface area contributed by atoms with Gasteiger partial charge in [-0.3, -0.25) is 0 Å². The second-order valence-corrected chi connectivity index (χ2v) is 6.41. The monoisotopic (exact) mass is 410 g/mol. The van der Waals surface area contributed by atoms with E-state index in [9.17, 15) is 4.79 Å². The average molecular weight is 412 g/mol. The molecule has 24 heavy (non-hydrogen) atoms. The van der Waals surface area contributed by atoms with E-state index < -0.39 is 5.79 Å². The molecule has 0 radical (unpaired) electrons. The first kappa shape index (κ1) is 17.4. The zero-order valence-electron chi connectivity index (χ0n) is 12.8. The molecule has 0 spiro atoms. The standard InChI is InChI=1S/C18H16BrClO4/c19-12-18(14-6-8-15(20)9-7-14)23-11-16(24-18)10-22-17(21)13-4-2-1-3-5-13/h1-9,16H,10-12H2/t16-,18?/m1/s1. The molecule has 4 nitrogen and oxygen atoms in total. The van der Waals surface area contributed by atoms with Crippen molar-refractivity contribution in [3.8, 4) is 0 Å². The predicted molar refractivity (Wildman–Crippen MR) is 94.5 cm³/mol. The molecule has 126 valence electrons. The molecular formula is C18H16BrClO4. The summed E-state index contributed by atoms with van der Waals surface area (Å²) >= 11 is 9.37. The van der Waals surface area contributed by atoms with Crippen molar-refractivity contribution in [1.82, 2.24) is 0 Å². The number of carbonyl (C=O) groups is 1. The lowest BCUT2D eigenvalue weighted by atomic mass is 10.1. The van der Waals surface area contributed by atoms with Crippen molar-refractivity contribution in [2.24, 2.45) is 0 Å². The summed E-state index contributed by atoms with van der Waals surface area (Å²) in [5, 5.41) is 1.11. The van der Waals surface area contributed by atoms with E-state index in [2.05, 4.69) is 15.9 Å². The minimum atomic E-state index is -0.894. The fraction of sp³-hybridized carbons (Fsp3) is 0.278. The largest absolute Gasteiger partial charge is 0.459 e. The third-order valence-corrected chi connectivity index (χ3v) is 4.72. The van der Waals surface area contributed by atoms with E-state index >= 15 is 0 Å². The Balaban J connectivity index is 1.62. The zero-order chi connectivity index (χ0) is 17.0. The van der Waals surface area contributed by atoms with E-state index in [1.807, 2.05) is 18.2 Å². The zero-order valence-corrected chi connectivity index (χ0v) is 15.1. The molecular weight excluding hydrogens is 396 g/mol. The first-order valence-corrected chi connectivity index (χ1v) is 8.99. The number of carbonyl (C=O) groups excluding carboxylic acids is 1. The molecule has 0 amide bonds. The van der Waals surface area contributed by atoms with Crippen LogP contribution in [-0.2, 0) is 20.0 Å². The van der Waals surface area contributed by atoms with Gasteiger partial charge in [0.1, 0.15) is 12.7 Å². The van der Waals surface area contributed by atoms with Gasteiger partial charge in [-0.2, -0.15) is 0 Å². The number of ether oxygens (including phenoxy) is 3. The first-order chi connectivity index (χ1) is 11.6. The van der Waals surface area contributed by atoms with Crippen LogP contribution in [0.2, 0.25) is 5.02 Å². The molecule has 0 saturated carbocycles. The normalized spacial score (nSPS) is 23.2. The van der Waals surface area contributed by atoms with Gasteiger partial charge in [0.25, 0.3) is 0 Å². The van der Waals surface area contributed by atoms with Gasteiger partial charge in [0.15, 0.2) is 0 Å². The maximum Gasteiger partial charge on any atom is 0.338 e. The second-order valence-electron chi connectivity index (χ2n) is 5.41. The Kier molecular flexibility index (Phi) is 5.56. The average Bonchev–Trinajstić information content (AvgIpc) is 3.06. The number of esters is 1. The Bertz CT molecular complexity index is 692. The highest BCUT2D eigenvalue weighted by molar-refractivity contribution is 9.09. The predicted octanol–water partition coefficient (Wildman–Crippen LogP) is 4.16. The Hall–Kier alpha value is -1.40. The Labute approximate surface area is 153 Å². The minimum Gasteiger partial charge on any atom is -0.459 e. The van der Waals surface area contributed by atoms with Crippen LogP contribution in [0.1, 0.15) is 15.9 Å². The molecule has 0 aromatic heterocycles. The van der Waals surface area contributed by atoms with E-state index in [0.717, 1.165) is 5.56 Å². The van der Waals surface area contributed by atoms with Crippen molar-refractivity contribution >= 4 is 33.5 Å². The van der Waals surface area contributed by atoms with Crippen molar-refractivity contribution in [2.45, 2.75) is 11.9 Å². The van der Waals surface area contributed by atoms with E-state index in [1.54, 1.807) is 36.4 Å². The van der Waals surface area contributed by atoms with E-state index in [1.165, 1.54) is 0 Å². The summed E-state index contributed by atoms with van der Waals surface area (Å²) < 4.78 is 17.2. The molecule has 1 aliphatic heterocycles. The summed E-state index contributed by atoms with van der Waals surface area (Å²) in [5.41, 5.74) is 1.38. The summed E-state index contributed by atoms with van der Waals surface area (Å²) in [6, 6.07) is 16.2. The number of rotatable bonds is 5. The number of alkyl halides is 1. The van der Waals surface area contributed by atoms with E-state index in [4.69, 9.17) is 25.8 Å². The maximum atomic E-state index is 12.0. The van der Waals surface area contributed by atoms with Gasteiger partial charge in [0, 0.05) is 10.6 Å². The van der Waals surface area contributed by atoms with Crippen LogP contribution in [0, 0.1) is 0 Å².